The van der Waals surface area contributed by atoms with Gasteiger partial charge in [0, 0.05) is 18.4 Å². The molecule has 5 aromatic carbocycles. The topological polar surface area (TPSA) is 95.9 Å². The van der Waals surface area contributed by atoms with Gasteiger partial charge in [-0.3, -0.25) is 9.59 Å². The molecule has 0 aliphatic rings. The molecule has 1 amide bonds. The summed E-state index contributed by atoms with van der Waals surface area (Å²) < 4.78 is 4.94. The Morgan fingerprint density at radius 1 is 0.688 bits per heavy atom. The van der Waals surface area contributed by atoms with Crippen molar-refractivity contribution >= 4 is 17.9 Å². The van der Waals surface area contributed by atoms with Gasteiger partial charge in [0.1, 0.15) is 6.29 Å². The molecule has 5 aromatic rings. The first-order chi connectivity index (χ1) is 22.7. The lowest BCUT2D eigenvalue weighted by molar-refractivity contribution is -0.115. The van der Waals surface area contributed by atoms with Crippen molar-refractivity contribution in [3.05, 3.63) is 137 Å². The summed E-state index contributed by atoms with van der Waals surface area (Å²) in [6, 6.07) is 32.1. The average molecular weight is 646 g/mol. The van der Waals surface area contributed by atoms with Crippen LogP contribution in [0, 0.1) is 27.7 Å². The molecular formula is C42H47NO5. The van der Waals surface area contributed by atoms with Crippen molar-refractivity contribution < 1.29 is 24.5 Å². The highest BCUT2D eigenvalue weighted by atomic mass is 16.5. The van der Waals surface area contributed by atoms with E-state index < -0.39 is 0 Å². The van der Waals surface area contributed by atoms with Gasteiger partial charge in [0.05, 0.1) is 12.0 Å². The Hall–Kier alpha value is -5.20. The lowest BCUT2D eigenvalue weighted by atomic mass is 9.94. The number of carbonyl (C=O) groups excluding carboxylic acids is 2. The van der Waals surface area contributed by atoms with E-state index >= 15 is 0 Å². The highest BCUT2D eigenvalue weighted by molar-refractivity contribution is 5.92. The fourth-order valence-electron chi connectivity index (χ4n) is 4.91. The average Bonchev–Trinajstić information content (AvgIpc) is 3.04. The van der Waals surface area contributed by atoms with E-state index in [-0.39, 0.29) is 29.4 Å². The van der Waals surface area contributed by atoms with Crippen LogP contribution in [0.25, 0.3) is 22.3 Å². The summed E-state index contributed by atoms with van der Waals surface area (Å²) in [4.78, 5) is 22.7. The maximum atomic E-state index is 12.5. The molecule has 0 radical (unpaired) electrons. The summed E-state index contributed by atoms with van der Waals surface area (Å²) >= 11 is 0. The summed E-state index contributed by atoms with van der Waals surface area (Å²) in [6.07, 6.45) is 1.11. The van der Waals surface area contributed by atoms with Crippen LogP contribution >= 0.6 is 0 Å². The Balaban J connectivity index is 0.000000344. The van der Waals surface area contributed by atoms with Crippen LogP contribution in [-0.2, 0) is 16.0 Å². The Bertz CT molecular complexity index is 1780. The fraction of sp³-hybridized carbons (Fsp3) is 0.238. The molecule has 0 saturated carbocycles. The minimum atomic E-state index is -0.158. The van der Waals surface area contributed by atoms with Crippen molar-refractivity contribution in [3.8, 4) is 33.8 Å². The van der Waals surface area contributed by atoms with Crippen LogP contribution in [-0.4, -0.2) is 35.1 Å². The SMILES string of the molecule is COC(C)(C)C.Cc1cc(C)c(-c2ccc(NC(=O)Cc3ccc(-c4ccc(O)c(O)c4)cc3)cc2)c(C)c1.Cc1ccc(C=O)cc1. The van der Waals surface area contributed by atoms with Gasteiger partial charge in [-0.2, -0.15) is 0 Å². The van der Waals surface area contributed by atoms with Crippen molar-refractivity contribution in [2.75, 3.05) is 12.4 Å². The highest BCUT2D eigenvalue weighted by Crippen LogP contribution is 2.31. The highest BCUT2D eigenvalue weighted by Gasteiger charge is 2.09. The standard InChI is InChI=1S/C29H27NO3.C8H8O.C5H12O/c1-18-14-19(2)29(20(3)15-18)23-8-11-25(12-9-23)30-28(33)16-21-4-6-22(7-5-21)24-10-13-26(31)27(32)17-24;1-7-2-4-8(6-9)5-3-7;1-5(2,3)6-4/h4-15,17,31-32H,16H2,1-3H3,(H,30,33);2-6H,1H3;1-4H3. The zero-order chi connectivity index (χ0) is 35.4. The number of aromatic hydroxyl groups is 2. The van der Waals surface area contributed by atoms with E-state index in [1.165, 1.54) is 39.9 Å². The van der Waals surface area contributed by atoms with Gasteiger partial charge in [0.25, 0.3) is 0 Å². The molecule has 0 saturated heterocycles. The van der Waals surface area contributed by atoms with Crippen molar-refractivity contribution in [2.24, 2.45) is 0 Å². The monoisotopic (exact) mass is 645 g/mol. The molecule has 0 fully saturated rings. The van der Waals surface area contributed by atoms with E-state index in [1.54, 1.807) is 13.2 Å². The van der Waals surface area contributed by atoms with Gasteiger partial charge < -0.3 is 20.3 Å². The first kappa shape index (κ1) is 37.3. The summed E-state index contributed by atoms with van der Waals surface area (Å²) in [5.74, 6) is -0.389. The molecular weight excluding hydrogens is 598 g/mol. The molecule has 0 bridgehead atoms. The molecule has 0 atom stereocenters. The van der Waals surface area contributed by atoms with Crippen LogP contribution < -0.4 is 5.32 Å². The summed E-state index contributed by atoms with van der Waals surface area (Å²) in [7, 11) is 1.71. The maximum Gasteiger partial charge on any atom is 0.228 e. The van der Waals surface area contributed by atoms with Crippen molar-refractivity contribution in [1.82, 2.24) is 0 Å². The predicted molar refractivity (Wildman–Crippen MR) is 197 cm³/mol. The maximum absolute atomic E-state index is 12.5. The number of methoxy groups -OCH3 is 1. The number of anilines is 1. The van der Waals surface area contributed by atoms with Gasteiger partial charge in [-0.05, 0) is 112 Å². The molecule has 0 unspecified atom stereocenters. The largest absolute Gasteiger partial charge is 0.504 e. The first-order valence-corrected chi connectivity index (χ1v) is 15.9. The second-order valence-electron chi connectivity index (χ2n) is 12.8. The van der Waals surface area contributed by atoms with E-state index in [0.29, 0.717) is 0 Å². The van der Waals surface area contributed by atoms with Crippen LogP contribution in [0.15, 0.2) is 103 Å². The zero-order valence-electron chi connectivity index (χ0n) is 29.2. The Labute approximate surface area is 285 Å². The summed E-state index contributed by atoms with van der Waals surface area (Å²) in [5.41, 5.74) is 11.4. The number of aldehydes is 1. The van der Waals surface area contributed by atoms with Crippen LogP contribution in [0.3, 0.4) is 0 Å². The molecule has 250 valence electrons. The third-order valence-corrected chi connectivity index (χ3v) is 7.59. The molecule has 0 aromatic heterocycles. The quantitative estimate of drug-likeness (QED) is 0.126. The van der Waals surface area contributed by atoms with Crippen LogP contribution in [0.2, 0.25) is 0 Å². The van der Waals surface area contributed by atoms with Crippen LogP contribution in [0.5, 0.6) is 11.5 Å². The Morgan fingerprint density at radius 2 is 1.21 bits per heavy atom. The van der Waals surface area contributed by atoms with Gasteiger partial charge in [0.15, 0.2) is 11.5 Å². The van der Waals surface area contributed by atoms with Gasteiger partial charge >= 0.3 is 0 Å². The van der Waals surface area contributed by atoms with Crippen LogP contribution in [0.4, 0.5) is 5.69 Å². The molecule has 48 heavy (non-hydrogen) atoms. The van der Waals surface area contributed by atoms with Gasteiger partial charge in [-0.15, -0.1) is 0 Å². The molecule has 0 aliphatic carbocycles. The van der Waals surface area contributed by atoms with Crippen molar-refractivity contribution in [2.45, 2.75) is 60.5 Å². The third-order valence-electron chi connectivity index (χ3n) is 7.59. The van der Waals surface area contributed by atoms with E-state index in [1.807, 2.05) is 100 Å². The van der Waals surface area contributed by atoms with Crippen LogP contribution in [0.1, 0.15) is 58.9 Å². The predicted octanol–water partition coefficient (Wildman–Crippen LogP) is 9.78. The van der Waals surface area contributed by atoms with Crippen molar-refractivity contribution in [1.29, 1.82) is 0 Å². The number of carbonyl (C=O) groups is 2. The smallest absolute Gasteiger partial charge is 0.228 e. The summed E-state index contributed by atoms with van der Waals surface area (Å²) in [5, 5.41) is 22.1. The fourth-order valence-corrected chi connectivity index (χ4v) is 4.91. The number of hydrogen-bond acceptors (Lipinski definition) is 5. The second kappa shape index (κ2) is 17.1. The summed E-state index contributed by atoms with van der Waals surface area (Å²) in [6.45, 7) is 14.4. The van der Waals surface area contributed by atoms with E-state index in [9.17, 15) is 19.8 Å². The number of aryl methyl sites for hydroxylation is 4. The first-order valence-electron chi connectivity index (χ1n) is 15.9. The molecule has 6 heteroatoms. The number of hydrogen-bond donors (Lipinski definition) is 3. The number of nitrogens with one attached hydrogen (secondary N) is 1. The number of phenols is 2. The molecule has 0 aliphatic heterocycles. The Morgan fingerprint density at radius 3 is 1.71 bits per heavy atom. The third kappa shape index (κ3) is 11.6. The van der Waals surface area contributed by atoms with E-state index in [2.05, 4.69) is 38.2 Å². The van der Waals surface area contributed by atoms with Crippen molar-refractivity contribution in [3.63, 3.8) is 0 Å². The zero-order valence-corrected chi connectivity index (χ0v) is 29.2. The number of amides is 1. The molecule has 0 spiro atoms. The normalized spacial score (nSPS) is 10.6. The Kier molecular flexibility index (Phi) is 13.3. The lowest BCUT2D eigenvalue weighted by Gasteiger charge is -2.14. The van der Waals surface area contributed by atoms with Gasteiger partial charge in [-0.25, -0.2) is 0 Å². The minimum absolute atomic E-state index is 0.0417. The second-order valence-corrected chi connectivity index (χ2v) is 12.8. The number of phenolic OH excluding ortho intramolecular Hbond substituents is 2. The molecule has 0 heterocycles. The lowest BCUT2D eigenvalue weighted by Crippen LogP contribution is -2.15. The molecule has 3 N–H and O–H groups in total. The minimum Gasteiger partial charge on any atom is -0.504 e. The van der Waals surface area contributed by atoms with E-state index in [0.717, 1.165) is 39.8 Å². The molecule has 6 nitrogen and oxygen atoms in total. The van der Waals surface area contributed by atoms with E-state index in [4.69, 9.17) is 4.74 Å². The van der Waals surface area contributed by atoms with Gasteiger partial charge in [-0.1, -0.05) is 90.0 Å². The molecule has 5 rings (SSSR count). The number of benzene rings is 5. The number of ether oxygens (including phenoxy) is 1. The number of rotatable bonds is 6. The van der Waals surface area contributed by atoms with Gasteiger partial charge in [0.2, 0.25) is 5.91 Å².